The number of benzene rings is 1. The fraction of sp³-hybridized carbons (Fsp3) is 0.143. The highest BCUT2D eigenvalue weighted by Gasteiger charge is 2.06. The molecule has 0 saturated carbocycles. The Bertz CT molecular complexity index is 613. The molecule has 1 aromatic carbocycles. The molecule has 0 bridgehead atoms. The van der Waals surface area contributed by atoms with Gasteiger partial charge in [0.05, 0.1) is 24.6 Å². The van der Waals surface area contributed by atoms with Crippen LogP contribution < -0.4 is 5.32 Å². The molecule has 1 N–H and O–H groups in total. The van der Waals surface area contributed by atoms with Crippen LogP contribution >= 0.6 is 27.3 Å². The van der Waals surface area contributed by atoms with Crippen LogP contribution in [-0.2, 0) is 17.8 Å². The summed E-state index contributed by atoms with van der Waals surface area (Å²) in [6, 6.07) is 11.1. The summed E-state index contributed by atoms with van der Waals surface area (Å²) in [7, 11) is 0. The fourth-order valence-electron chi connectivity index (χ4n) is 1.58. The number of nitrogens with zero attached hydrogens (tertiary/aromatic N) is 1. The van der Waals surface area contributed by atoms with Gasteiger partial charge in [-0.25, -0.2) is 0 Å². The topological polar surface area (TPSA) is 52.9 Å². The molecule has 1 amide bonds. The zero-order valence-corrected chi connectivity index (χ0v) is 12.4. The summed E-state index contributed by atoms with van der Waals surface area (Å²) in [6.07, 6.45) is 0.328. The Kier molecular flexibility index (Phi) is 4.72. The van der Waals surface area contributed by atoms with Gasteiger partial charge in [0.15, 0.2) is 0 Å². The van der Waals surface area contributed by atoms with Crippen LogP contribution in [0.5, 0.6) is 0 Å². The summed E-state index contributed by atoms with van der Waals surface area (Å²) in [5, 5.41) is 13.6. The highest BCUT2D eigenvalue weighted by molar-refractivity contribution is 9.10. The third-order valence-electron chi connectivity index (χ3n) is 2.58. The van der Waals surface area contributed by atoms with Crippen molar-refractivity contribution in [1.82, 2.24) is 5.32 Å². The Hall–Kier alpha value is -1.64. The minimum atomic E-state index is -0.0231. The third-order valence-corrected chi connectivity index (χ3v) is 4.51. The van der Waals surface area contributed by atoms with Gasteiger partial charge in [-0.3, -0.25) is 4.79 Å². The van der Waals surface area contributed by atoms with E-state index in [2.05, 4.69) is 27.3 Å². The Morgan fingerprint density at radius 1 is 1.32 bits per heavy atom. The van der Waals surface area contributed by atoms with E-state index in [0.29, 0.717) is 18.5 Å². The number of thiophene rings is 1. The molecule has 0 atom stereocenters. The zero-order chi connectivity index (χ0) is 13.7. The van der Waals surface area contributed by atoms with Crippen LogP contribution in [0.25, 0.3) is 0 Å². The molecule has 19 heavy (non-hydrogen) atoms. The number of halogens is 1. The van der Waals surface area contributed by atoms with Crippen molar-refractivity contribution in [2.45, 2.75) is 13.0 Å². The van der Waals surface area contributed by atoms with Crippen molar-refractivity contribution in [2.24, 2.45) is 0 Å². The highest BCUT2D eigenvalue weighted by atomic mass is 79.9. The minimum Gasteiger partial charge on any atom is -0.351 e. The average molecular weight is 335 g/mol. The third kappa shape index (κ3) is 3.91. The summed E-state index contributed by atoms with van der Waals surface area (Å²) >= 11 is 5.03. The van der Waals surface area contributed by atoms with Crippen molar-refractivity contribution >= 4 is 33.2 Å². The molecule has 2 aromatic rings. The van der Waals surface area contributed by atoms with E-state index in [0.717, 1.165) is 14.9 Å². The summed E-state index contributed by atoms with van der Waals surface area (Å²) in [5.41, 5.74) is 1.51. The lowest BCUT2D eigenvalue weighted by atomic mass is 10.1. The number of hydrogen-bond donors (Lipinski definition) is 1. The van der Waals surface area contributed by atoms with Crippen LogP contribution in [0.3, 0.4) is 0 Å². The number of nitrogens with one attached hydrogen (secondary N) is 1. The first kappa shape index (κ1) is 13.8. The average Bonchev–Trinajstić information content (AvgIpc) is 2.83. The van der Waals surface area contributed by atoms with Crippen LogP contribution in [0, 0.1) is 11.3 Å². The number of amides is 1. The van der Waals surface area contributed by atoms with E-state index in [1.54, 1.807) is 35.6 Å². The molecule has 0 aliphatic rings. The molecule has 2 rings (SSSR count). The molecule has 0 saturated heterocycles. The van der Waals surface area contributed by atoms with Gasteiger partial charge in [-0.05, 0) is 45.1 Å². The van der Waals surface area contributed by atoms with Gasteiger partial charge in [-0.1, -0.05) is 12.1 Å². The Morgan fingerprint density at radius 2 is 2.05 bits per heavy atom. The van der Waals surface area contributed by atoms with Gasteiger partial charge in [0, 0.05) is 9.35 Å². The second-order valence-electron chi connectivity index (χ2n) is 3.95. The van der Waals surface area contributed by atoms with E-state index < -0.39 is 0 Å². The Labute approximate surface area is 124 Å². The Balaban J connectivity index is 1.87. The molecule has 5 heteroatoms. The predicted molar refractivity (Wildman–Crippen MR) is 78.7 cm³/mol. The highest BCUT2D eigenvalue weighted by Crippen LogP contribution is 2.22. The van der Waals surface area contributed by atoms with Gasteiger partial charge in [0.1, 0.15) is 0 Å². The lowest BCUT2D eigenvalue weighted by Crippen LogP contribution is -2.24. The first-order chi connectivity index (χ1) is 9.19. The maximum Gasteiger partial charge on any atom is 0.224 e. The maximum atomic E-state index is 11.8. The van der Waals surface area contributed by atoms with Crippen LogP contribution in [0.15, 0.2) is 40.2 Å². The van der Waals surface area contributed by atoms with E-state index >= 15 is 0 Å². The van der Waals surface area contributed by atoms with Gasteiger partial charge >= 0.3 is 0 Å². The first-order valence-electron chi connectivity index (χ1n) is 5.66. The monoisotopic (exact) mass is 334 g/mol. The quantitative estimate of drug-likeness (QED) is 0.933. The Morgan fingerprint density at radius 3 is 2.63 bits per heavy atom. The van der Waals surface area contributed by atoms with Gasteiger partial charge < -0.3 is 5.32 Å². The van der Waals surface area contributed by atoms with Crippen LogP contribution in [-0.4, -0.2) is 5.91 Å². The zero-order valence-electron chi connectivity index (χ0n) is 10.0. The molecule has 0 fully saturated rings. The first-order valence-corrected chi connectivity index (χ1v) is 7.34. The summed E-state index contributed by atoms with van der Waals surface area (Å²) in [5.74, 6) is -0.0231. The lowest BCUT2D eigenvalue weighted by Gasteiger charge is -2.04. The molecule has 3 nitrogen and oxygen atoms in total. The van der Waals surface area contributed by atoms with E-state index in [9.17, 15) is 4.79 Å². The summed E-state index contributed by atoms with van der Waals surface area (Å²) < 4.78 is 1.02. The van der Waals surface area contributed by atoms with Crippen molar-refractivity contribution in [3.05, 3.63) is 56.2 Å². The van der Waals surface area contributed by atoms with Crippen molar-refractivity contribution < 1.29 is 4.79 Å². The molecule has 0 spiro atoms. The summed E-state index contributed by atoms with van der Waals surface area (Å²) in [6.45, 7) is 0.535. The van der Waals surface area contributed by atoms with E-state index in [1.165, 1.54) is 0 Å². The van der Waals surface area contributed by atoms with Crippen molar-refractivity contribution in [3.8, 4) is 6.07 Å². The van der Waals surface area contributed by atoms with Gasteiger partial charge in [-0.2, -0.15) is 5.26 Å². The molecule has 0 unspecified atom stereocenters. The molecule has 1 aromatic heterocycles. The smallest absolute Gasteiger partial charge is 0.224 e. The van der Waals surface area contributed by atoms with E-state index in [1.807, 2.05) is 11.4 Å². The number of rotatable bonds is 4. The van der Waals surface area contributed by atoms with Crippen molar-refractivity contribution in [1.29, 1.82) is 5.26 Å². The normalized spacial score (nSPS) is 9.89. The van der Waals surface area contributed by atoms with E-state index in [4.69, 9.17) is 5.26 Å². The van der Waals surface area contributed by atoms with Gasteiger partial charge in [0.2, 0.25) is 5.91 Å². The SMILES string of the molecule is N#Cc1ccc(CC(=O)NCc2sccc2Br)cc1. The summed E-state index contributed by atoms with van der Waals surface area (Å²) in [4.78, 5) is 12.9. The maximum absolute atomic E-state index is 11.8. The standard InChI is InChI=1S/C14H11BrN2OS/c15-12-5-6-19-13(12)9-17-14(18)7-10-1-3-11(8-16)4-2-10/h1-6H,7,9H2,(H,17,18). The number of hydrogen-bond acceptors (Lipinski definition) is 3. The van der Waals surface area contributed by atoms with Gasteiger partial charge in [0.25, 0.3) is 0 Å². The molecular formula is C14H11BrN2OS. The molecular weight excluding hydrogens is 324 g/mol. The van der Waals surface area contributed by atoms with Gasteiger partial charge in [-0.15, -0.1) is 11.3 Å². The molecule has 96 valence electrons. The second-order valence-corrected chi connectivity index (χ2v) is 5.81. The molecule has 0 aliphatic carbocycles. The van der Waals surface area contributed by atoms with Crippen LogP contribution in [0.2, 0.25) is 0 Å². The van der Waals surface area contributed by atoms with E-state index in [-0.39, 0.29) is 5.91 Å². The molecule has 0 aliphatic heterocycles. The minimum absolute atomic E-state index is 0.0231. The van der Waals surface area contributed by atoms with Crippen LogP contribution in [0.1, 0.15) is 16.0 Å². The molecule has 0 radical (unpaired) electrons. The number of nitriles is 1. The second kappa shape index (κ2) is 6.50. The predicted octanol–water partition coefficient (Wildman–Crippen LogP) is 3.24. The lowest BCUT2D eigenvalue weighted by molar-refractivity contribution is -0.120. The van der Waals surface area contributed by atoms with Crippen molar-refractivity contribution in [3.63, 3.8) is 0 Å². The molecule has 1 heterocycles. The van der Waals surface area contributed by atoms with Crippen LogP contribution in [0.4, 0.5) is 0 Å². The number of carbonyl (C=O) groups is 1. The fourth-order valence-corrected chi connectivity index (χ4v) is 3.01. The van der Waals surface area contributed by atoms with Crippen molar-refractivity contribution in [2.75, 3.05) is 0 Å². The largest absolute Gasteiger partial charge is 0.351 e. The number of carbonyl (C=O) groups excluding carboxylic acids is 1.